The number of benzene rings is 2. The summed E-state index contributed by atoms with van der Waals surface area (Å²) in [5, 5.41) is 17.8. The molecule has 2 amide bonds. The fourth-order valence-electron chi connectivity index (χ4n) is 4.44. The molecule has 0 bridgehead atoms. The number of hydrogen-bond donors (Lipinski definition) is 3. The molecule has 1 aliphatic heterocycles. The number of carboxylic acid groups (broad SMARTS) is 1. The number of H-pyrrole nitrogens is 1. The molecule has 0 radical (unpaired) electrons. The van der Waals surface area contributed by atoms with E-state index in [-0.39, 0.29) is 30.8 Å². The van der Waals surface area contributed by atoms with E-state index in [0.29, 0.717) is 13.0 Å². The third kappa shape index (κ3) is 3.91. The van der Waals surface area contributed by atoms with Gasteiger partial charge in [0.15, 0.2) is 0 Å². The molecule has 0 spiro atoms. The zero-order valence-electron chi connectivity index (χ0n) is 17.5. The first-order chi connectivity index (χ1) is 16.0. The Morgan fingerprint density at radius 3 is 2.39 bits per heavy atom. The van der Waals surface area contributed by atoms with Gasteiger partial charge < -0.3 is 14.7 Å². The van der Waals surface area contributed by atoms with Gasteiger partial charge in [0.25, 0.3) is 11.9 Å². The van der Waals surface area contributed by atoms with E-state index in [4.69, 9.17) is 9.84 Å². The second kappa shape index (κ2) is 8.38. The number of carboxylic acids is 1. The number of likely N-dealkylation sites (tertiary alicyclic amines) is 1. The number of carbonyl (C=O) groups is 3. The summed E-state index contributed by atoms with van der Waals surface area (Å²) >= 11 is 0. The Kier molecular flexibility index (Phi) is 5.25. The summed E-state index contributed by atoms with van der Waals surface area (Å²) in [5.74, 6) is -2.23. The Morgan fingerprint density at radius 1 is 1.09 bits per heavy atom. The Balaban J connectivity index is 1.20. The Morgan fingerprint density at radius 2 is 1.76 bits per heavy atom. The van der Waals surface area contributed by atoms with Crippen LogP contribution in [0.25, 0.3) is 11.1 Å². The maximum atomic E-state index is 12.5. The molecule has 10 nitrogen and oxygen atoms in total. The summed E-state index contributed by atoms with van der Waals surface area (Å²) in [6.07, 6.45) is -0.345. The number of amides is 2. The highest BCUT2D eigenvalue weighted by Crippen LogP contribution is 2.44. The van der Waals surface area contributed by atoms with E-state index < -0.39 is 23.9 Å². The lowest BCUT2D eigenvalue weighted by atomic mass is 9.98. The van der Waals surface area contributed by atoms with Crippen LogP contribution >= 0.6 is 0 Å². The first-order valence-electron chi connectivity index (χ1n) is 10.6. The summed E-state index contributed by atoms with van der Waals surface area (Å²) in [6.45, 7) is 0.579. The van der Waals surface area contributed by atoms with Crippen LogP contribution in [0.2, 0.25) is 0 Å². The van der Waals surface area contributed by atoms with Crippen molar-refractivity contribution < 1.29 is 24.2 Å². The van der Waals surface area contributed by atoms with Crippen LogP contribution in [0.4, 0.5) is 10.7 Å². The third-order valence-electron chi connectivity index (χ3n) is 6.07. The van der Waals surface area contributed by atoms with Gasteiger partial charge in [-0.05, 0) is 28.7 Å². The average Bonchev–Trinajstić information content (AvgIpc) is 3.55. The molecule has 168 valence electrons. The molecule has 1 aromatic heterocycles. The van der Waals surface area contributed by atoms with E-state index in [9.17, 15) is 14.4 Å². The van der Waals surface area contributed by atoms with Crippen molar-refractivity contribution in [2.75, 3.05) is 25.0 Å². The van der Waals surface area contributed by atoms with Crippen molar-refractivity contribution in [2.45, 2.75) is 12.3 Å². The molecule has 0 saturated carbocycles. The maximum absolute atomic E-state index is 12.5. The predicted octanol–water partition coefficient (Wildman–Crippen LogP) is 2.71. The van der Waals surface area contributed by atoms with Gasteiger partial charge in [-0.15, -0.1) is 5.10 Å². The van der Waals surface area contributed by atoms with Gasteiger partial charge in [-0.2, -0.15) is 4.98 Å². The van der Waals surface area contributed by atoms with Crippen molar-refractivity contribution in [2.24, 2.45) is 5.92 Å². The van der Waals surface area contributed by atoms with Gasteiger partial charge in [-0.3, -0.25) is 20.0 Å². The number of anilines is 1. The summed E-state index contributed by atoms with van der Waals surface area (Å²) in [7, 11) is 0. The van der Waals surface area contributed by atoms with Gasteiger partial charge >= 0.3 is 12.1 Å². The molecule has 2 aromatic carbocycles. The minimum atomic E-state index is -0.930. The second-order valence-electron chi connectivity index (χ2n) is 8.03. The molecule has 3 N–H and O–H groups in total. The Hall–Kier alpha value is -4.21. The highest BCUT2D eigenvalue weighted by Gasteiger charge is 2.33. The van der Waals surface area contributed by atoms with Crippen LogP contribution in [0.1, 0.15) is 34.1 Å². The average molecular weight is 447 g/mol. The number of nitrogens with zero attached hydrogens (tertiary/aromatic N) is 3. The Bertz CT molecular complexity index is 1190. The molecule has 2 heterocycles. The number of hydrogen-bond acceptors (Lipinski definition) is 6. The van der Waals surface area contributed by atoms with E-state index in [1.807, 2.05) is 36.4 Å². The van der Waals surface area contributed by atoms with E-state index >= 15 is 0 Å². The van der Waals surface area contributed by atoms with Crippen LogP contribution in [-0.4, -0.2) is 62.9 Å². The summed E-state index contributed by atoms with van der Waals surface area (Å²) < 4.78 is 5.45. The van der Waals surface area contributed by atoms with Gasteiger partial charge in [0.2, 0.25) is 5.82 Å². The Labute approximate surface area is 188 Å². The smallest absolute Gasteiger partial charge is 0.414 e. The maximum Gasteiger partial charge on any atom is 0.414 e. The number of nitrogens with one attached hydrogen (secondary N) is 2. The zero-order valence-corrected chi connectivity index (χ0v) is 17.5. The molecule has 2 aliphatic rings. The molecule has 33 heavy (non-hydrogen) atoms. The SMILES string of the molecule is O=C(Nc1n[nH]c(C(=O)N2CCC(C(=O)O)C2)n1)OCC1c2ccccc2-c2ccccc21. The van der Waals surface area contributed by atoms with E-state index in [1.54, 1.807) is 0 Å². The van der Waals surface area contributed by atoms with Gasteiger partial charge in [0.1, 0.15) is 6.61 Å². The lowest BCUT2D eigenvalue weighted by Gasteiger charge is -2.14. The standard InChI is InChI=1S/C23H21N5O5/c29-20(28-10-9-13(11-28)21(30)31)19-24-22(27-26-19)25-23(32)33-12-18-16-7-3-1-5-14(16)15-6-2-4-8-17(15)18/h1-8,13,18H,9-12H2,(H,30,31)(H2,24,25,26,27,32). The quantitative estimate of drug-likeness (QED) is 0.547. The molecule has 10 heteroatoms. The molecule has 1 saturated heterocycles. The molecule has 1 unspecified atom stereocenters. The van der Waals surface area contributed by atoms with Crippen molar-refractivity contribution >= 4 is 23.9 Å². The molecular formula is C23H21N5O5. The summed E-state index contributed by atoms with van der Waals surface area (Å²) in [6, 6.07) is 16.1. The molecule has 1 atom stereocenters. The van der Waals surface area contributed by atoms with Crippen molar-refractivity contribution in [3.8, 4) is 11.1 Å². The molecular weight excluding hydrogens is 426 g/mol. The normalized spacial score (nSPS) is 16.8. The topological polar surface area (TPSA) is 138 Å². The third-order valence-corrected chi connectivity index (χ3v) is 6.07. The zero-order chi connectivity index (χ0) is 22.9. The second-order valence-corrected chi connectivity index (χ2v) is 8.03. The van der Waals surface area contributed by atoms with Crippen LogP contribution in [0, 0.1) is 5.92 Å². The van der Waals surface area contributed by atoms with Crippen LogP contribution in [-0.2, 0) is 9.53 Å². The van der Waals surface area contributed by atoms with Gasteiger partial charge in [-0.25, -0.2) is 4.79 Å². The van der Waals surface area contributed by atoms with Gasteiger partial charge in [0, 0.05) is 19.0 Å². The predicted molar refractivity (Wildman–Crippen MR) is 117 cm³/mol. The van der Waals surface area contributed by atoms with Crippen molar-refractivity contribution in [1.82, 2.24) is 20.1 Å². The first kappa shape index (κ1) is 20.7. The molecule has 3 aromatic rings. The van der Waals surface area contributed by atoms with Crippen molar-refractivity contribution in [3.63, 3.8) is 0 Å². The first-order valence-corrected chi connectivity index (χ1v) is 10.6. The number of carbonyl (C=O) groups excluding carboxylic acids is 2. The van der Waals surface area contributed by atoms with Crippen LogP contribution in [0.5, 0.6) is 0 Å². The van der Waals surface area contributed by atoms with Crippen molar-refractivity contribution in [3.05, 3.63) is 65.5 Å². The summed E-state index contributed by atoms with van der Waals surface area (Å²) in [4.78, 5) is 41.3. The number of aromatic amines is 1. The number of fused-ring (bicyclic) bond motifs is 3. The van der Waals surface area contributed by atoms with Crippen LogP contribution < -0.4 is 5.32 Å². The van der Waals surface area contributed by atoms with Crippen molar-refractivity contribution in [1.29, 1.82) is 0 Å². The fraction of sp³-hybridized carbons (Fsp3) is 0.261. The van der Waals surface area contributed by atoms with E-state index in [0.717, 1.165) is 22.3 Å². The van der Waals surface area contributed by atoms with Gasteiger partial charge in [-0.1, -0.05) is 48.5 Å². The van der Waals surface area contributed by atoms with Gasteiger partial charge in [0.05, 0.1) is 5.92 Å². The molecule has 5 rings (SSSR count). The number of aromatic nitrogens is 3. The number of ether oxygens (including phenoxy) is 1. The molecule has 1 aliphatic carbocycles. The van der Waals surface area contributed by atoms with Crippen LogP contribution in [0.3, 0.4) is 0 Å². The molecule has 1 fully saturated rings. The van der Waals surface area contributed by atoms with E-state index in [2.05, 4.69) is 32.6 Å². The number of rotatable bonds is 5. The fourth-order valence-corrected chi connectivity index (χ4v) is 4.44. The van der Waals surface area contributed by atoms with Crippen LogP contribution in [0.15, 0.2) is 48.5 Å². The lowest BCUT2D eigenvalue weighted by Crippen LogP contribution is -2.30. The highest BCUT2D eigenvalue weighted by molar-refractivity contribution is 5.92. The largest absolute Gasteiger partial charge is 0.481 e. The summed E-state index contributed by atoms with van der Waals surface area (Å²) in [5.41, 5.74) is 4.46. The van der Waals surface area contributed by atoms with E-state index in [1.165, 1.54) is 4.90 Å². The minimum Gasteiger partial charge on any atom is -0.481 e. The monoisotopic (exact) mass is 447 g/mol. The lowest BCUT2D eigenvalue weighted by molar-refractivity contribution is -0.141. The number of aliphatic carboxylic acids is 1. The highest BCUT2D eigenvalue weighted by atomic mass is 16.5. The minimum absolute atomic E-state index is 0.0741.